The number of oxime groups is 1. The van der Waals surface area contributed by atoms with Crippen molar-refractivity contribution in [1.82, 2.24) is 5.32 Å². The first-order chi connectivity index (χ1) is 13.4. The van der Waals surface area contributed by atoms with Gasteiger partial charge in [0.15, 0.2) is 0 Å². The van der Waals surface area contributed by atoms with E-state index in [1.165, 1.54) is 24.1 Å². The number of nitrogens with zero attached hydrogens (tertiary/aromatic N) is 1. The summed E-state index contributed by atoms with van der Waals surface area (Å²) in [5.41, 5.74) is 2.99. The van der Waals surface area contributed by atoms with Crippen molar-refractivity contribution >= 4 is 11.5 Å². The Kier molecular flexibility index (Phi) is 4.50. The van der Waals surface area contributed by atoms with Gasteiger partial charge in [0.2, 0.25) is 0 Å². The molecule has 5 fully saturated rings. The van der Waals surface area contributed by atoms with E-state index in [0.717, 1.165) is 58.0 Å². The second-order valence-corrected chi connectivity index (χ2v) is 10.8. The standard InChI is InChI=1S/C24H36N2O2/c1-15-12-16-13-17(26-28-18-8-11-25-14-18)6-9-23(16,2)20-7-10-24(3)19(22(15)20)4-5-21(24)27/h16,18-20,22,25H,1,4-14H2,2-3H3/t16?,18?,19-,20+,22-,23-,24-/m0/s1. The van der Waals surface area contributed by atoms with Gasteiger partial charge in [-0.05, 0) is 80.6 Å². The van der Waals surface area contributed by atoms with Crippen molar-refractivity contribution in [2.75, 3.05) is 13.1 Å². The molecule has 2 unspecified atom stereocenters. The van der Waals surface area contributed by atoms with Crippen LogP contribution in [0.5, 0.6) is 0 Å². The number of carbonyl (C=O) groups is 1. The molecule has 4 aliphatic carbocycles. The number of ketones is 1. The van der Waals surface area contributed by atoms with E-state index < -0.39 is 0 Å². The van der Waals surface area contributed by atoms with Gasteiger partial charge >= 0.3 is 0 Å². The molecule has 5 aliphatic rings. The lowest BCUT2D eigenvalue weighted by Gasteiger charge is -2.60. The molecule has 0 aromatic rings. The summed E-state index contributed by atoms with van der Waals surface area (Å²) in [5, 5.41) is 7.94. The molecular formula is C24H36N2O2. The van der Waals surface area contributed by atoms with Crippen LogP contribution in [-0.2, 0) is 9.63 Å². The minimum absolute atomic E-state index is 0.0717. The lowest BCUT2D eigenvalue weighted by molar-refractivity contribution is -0.133. The minimum atomic E-state index is -0.0717. The first-order valence-corrected chi connectivity index (χ1v) is 11.5. The summed E-state index contributed by atoms with van der Waals surface area (Å²) in [5.74, 6) is 2.96. The van der Waals surface area contributed by atoms with E-state index in [9.17, 15) is 4.79 Å². The Labute approximate surface area is 169 Å². The number of carbonyl (C=O) groups excluding carboxylic acids is 1. The summed E-state index contributed by atoms with van der Waals surface area (Å²) in [6.45, 7) is 11.3. The van der Waals surface area contributed by atoms with E-state index in [0.29, 0.717) is 34.9 Å². The van der Waals surface area contributed by atoms with Gasteiger partial charge in [0.1, 0.15) is 11.9 Å². The fraction of sp³-hybridized carbons (Fsp3) is 0.833. The molecule has 28 heavy (non-hydrogen) atoms. The monoisotopic (exact) mass is 384 g/mol. The maximum absolute atomic E-state index is 12.6. The summed E-state index contributed by atoms with van der Waals surface area (Å²) in [6.07, 6.45) is 9.96. The third-order valence-electron chi connectivity index (χ3n) is 9.52. The van der Waals surface area contributed by atoms with E-state index in [4.69, 9.17) is 4.84 Å². The zero-order valence-electron chi connectivity index (χ0n) is 17.6. The Morgan fingerprint density at radius 3 is 2.75 bits per heavy atom. The second kappa shape index (κ2) is 6.68. The Balaban J connectivity index is 1.35. The molecule has 7 atom stereocenters. The van der Waals surface area contributed by atoms with Gasteiger partial charge in [-0.2, -0.15) is 0 Å². The molecular weight excluding hydrogens is 348 g/mol. The van der Waals surface area contributed by atoms with E-state index in [-0.39, 0.29) is 11.5 Å². The highest BCUT2D eigenvalue weighted by Crippen LogP contribution is 2.66. The van der Waals surface area contributed by atoms with Crippen LogP contribution < -0.4 is 5.32 Å². The van der Waals surface area contributed by atoms with Crippen LogP contribution >= 0.6 is 0 Å². The number of Topliss-reactive ketones (excluding diaryl/α,β-unsaturated/α-hetero) is 1. The molecule has 4 nitrogen and oxygen atoms in total. The van der Waals surface area contributed by atoms with Crippen LogP contribution in [0.2, 0.25) is 0 Å². The van der Waals surface area contributed by atoms with Gasteiger partial charge in [-0.3, -0.25) is 4.79 Å². The van der Waals surface area contributed by atoms with Gasteiger partial charge in [0.25, 0.3) is 0 Å². The number of hydrogen-bond donors (Lipinski definition) is 1. The van der Waals surface area contributed by atoms with E-state index in [1.807, 2.05) is 0 Å². The van der Waals surface area contributed by atoms with E-state index in [1.54, 1.807) is 0 Å². The first-order valence-electron chi connectivity index (χ1n) is 11.5. The molecule has 1 N–H and O–H groups in total. The van der Waals surface area contributed by atoms with Gasteiger partial charge in [0, 0.05) is 24.8 Å². The predicted octanol–water partition coefficient (Wildman–Crippen LogP) is 4.50. The summed E-state index contributed by atoms with van der Waals surface area (Å²) in [4.78, 5) is 18.5. The molecule has 0 aromatic heterocycles. The Bertz CT molecular complexity index is 709. The van der Waals surface area contributed by atoms with Gasteiger partial charge in [-0.15, -0.1) is 0 Å². The highest BCUT2D eigenvalue weighted by molar-refractivity contribution is 5.87. The zero-order chi connectivity index (χ0) is 19.5. The van der Waals surface area contributed by atoms with Crippen LogP contribution in [0.15, 0.2) is 17.3 Å². The fourth-order valence-electron chi connectivity index (χ4n) is 7.66. The molecule has 0 aromatic carbocycles. The van der Waals surface area contributed by atoms with Crippen LogP contribution in [-0.4, -0.2) is 30.7 Å². The lowest BCUT2D eigenvalue weighted by atomic mass is 9.44. The van der Waals surface area contributed by atoms with Gasteiger partial charge < -0.3 is 10.2 Å². The molecule has 4 saturated carbocycles. The summed E-state index contributed by atoms with van der Waals surface area (Å²) < 4.78 is 0. The third-order valence-corrected chi connectivity index (χ3v) is 9.52. The predicted molar refractivity (Wildman–Crippen MR) is 111 cm³/mol. The van der Waals surface area contributed by atoms with Crippen LogP contribution in [0.3, 0.4) is 0 Å². The average molecular weight is 385 g/mol. The minimum Gasteiger partial charge on any atom is -0.391 e. The maximum Gasteiger partial charge on any atom is 0.141 e. The Hall–Kier alpha value is -1.16. The van der Waals surface area contributed by atoms with Crippen molar-refractivity contribution < 1.29 is 9.63 Å². The van der Waals surface area contributed by atoms with Crippen molar-refractivity contribution in [2.45, 2.75) is 77.7 Å². The van der Waals surface area contributed by atoms with Gasteiger partial charge in [-0.25, -0.2) is 0 Å². The number of hydrogen-bond acceptors (Lipinski definition) is 4. The smallest absolute Gasteiger partial charge is 0.141 e. The van der Waals surface area contributed by atoms with Gasteiger partial charge in [0.05, 0.1) is 5.71 Å². The molecule has 1 aliphatic heterocycles. The molecule has 0 radical (unpaired) electrons. The molecule has 4 heteroatoms. The molecule has 5 rings (SSSR count). The quantitative estimate of drug-likeness (QED) is 0.563. The summed E-state index contributed by atoms with van der Waals surface area (Å²) in [7, 11) is 0. The number of allylic oxidation sites excluding steroid dienone is 1. The fourth-order valence-corrected chi connectivity index (χ4v) is 7.66. The maximum atomic E-state index is 12.6. The van der Waals surface area contributed by atoms with Crippen molar-refractivity contribution in [3.05, 3.63) is 12.2 Å². The Morgan fingerprint density at radius 2 is 1.96 bits per heavy atom. The molecule has 1 saturated heterocycles. The average Bonchev–Trinajstić information content (AvgIpc) is 3.29. The van der Waals surface area contributed by atoms with Crippen LogP contribution in [0.4, 0.5) is 0 Å². The topological polar surface area (TPSA) is 50.7 Å². The first kappa shape index (κ1) is 18.8. The molecule has 0 bridgehead atoms. The van der Waals surface area contributed by atoms with E-state index in [2.05, 4.69) is 30.9 Å². The zero-order valence-corrected chi connectivity index (χ0v) is 17.6. The van der Waals surface area contributed by atoms with Crippen LogP contribution in [0.1, 0.15) is 71.6 Å². The number of rotatable bonds is 2. The lowest BCUT2D eigenvalue weighted by Crippen LogP contribution is -2.54. The molecule has 0 amide bonds. The summed E-state index contributed by atoms with van der Waals surface area (Å²) >= 11 is 0. The largest absolute Gasteiger partial charge is 0.391 e. The van der Waals surface area contributed by atoms with Crippen LogP contribution in [0.25, 0.3) is 0 Å². The van der Waals surface area contributed by atoms with Crippen molar-refractivity contribution in [2.24, 2.45) is 39.7 Å². The molecule has 154 valence electrons. The van der Waals surface area contributed by atoms with E-state index >= 15 is 0 Å². The third kappa shape index (κ3) is 2.74. The second-order valence-electron chi connectivity index (χ2n) is 10.8. The number of nitrogens with one attached hydrogen (secondary N) is 1. The van der Waals surface area contributed by atoms with Crippen molar-refractivity contribution in [3.63, 3.8) is 0 Å². The Morgan fingerprint density at radius 1 is 1.11 bits per heavy atom. The highest BCUT2D eigenvalue weighted by atomic mass is 16.6. The van der Waals surface area contributed by atoms with Gasteiger partial charge in [-0.1, -0.05) is 31.2 Å². The normalized spacial score (nSPS) is 49.6. The van der Waals surface area contributed by atoms with Crippen molar-refractivity contribution in [1.29, 1.82) is 0 Å². The summed E-state index contributed by atoms with van der Waals surface area (Å²) in [6, 6.07) is 0. The highest BCUT2D eigenvalue weighted by Gasteiger charge is 2.61. The molecule has 0 spiro atoms. The molecule has 1 heterocycles. The number of fused-ring (bicyclic) bond motifs is 5. The van der Waals surface area contributed by atoms with Crippen LogP contribution in [0, 0.1) is 34.5 Å². The SMILES string of the molecule is C=C1CC2CC(=NOC3CCNC3)CC[C@]2(C)[C@@H]2CC[C@]3(C)C(=O)CC[C@H]3[C@H]12. The van der Waals surface area contributed by atoms with Crippen molar-refractivity contribution in [3.8, 4) is 0 Å².